The molecule has 0 heterocycles. The summed E-state index contributed by atoms with van der Waals surface area (Å²) in [7, 11) is 8.06. The zero-order valence-electron chi connectivity index (χ0n) is 14.6. The summed E-state index contributed by atoms with van der Waals surface area (Å²) in [4.78, 5) is 16.1. The molecule has 0 saturated carbocycles. The zero-order chi connectivity index (χ0) is 17.3. The van der Waals surface area contributed by atoms with E-state index in [9.17, 15) is 4.79 Å². The first kappa shape index (κ1) is 16.1. The Kier molecular flexibility index (Phi) is 4.26. The molecule has 3 aromatic carbocycles. The SMILES string of the molecule is CN(C)c1ccc(/C=c2\c(=O)\c2=C\c2ccc(N(C)C)cc2)cc1. The smallest absolute Gasteiger partial charge is 0.194 e. The highest BCUT2D eigenvalue weighted by Crippen LogP contribution is 2.13. The van der Waals surface area contributed by atoms with E-state index in [0.29, 0.717) is 0 Å². The van der Waals surface area contributed by atoms with Crippen LogP contribution in [-0.2, 0) is 0 Å². The van der Waals surface area contributed by atoms with Crippen molar-refractivity contribution in [3.05, 3.63) is 80.3 Å². The fourth-order valence-corrected chi connectivity index (χ4v) is 2.56. The van der Waals surface area contributed by atoms with E-state index < -0.39 is 0 Å². The maximum absolute atomic E-state index is 12.0. The lowest BCUT2D eigenvalue weighted by Crippen LogP contribution is -2.08. The first-order valence-corrected chi connectivity index (χ1v) is 7.99. The van der Waals surface area contributed by atoms with Gasteiger partial charge in [-0.25, -0.2) is 0 Å². The molecule has 0 atom stereocenters. The van der Waals surface area contributed by atoms with Crippen LogP contribution in [0.25, 0.3) is 12.2 Å². The van der Waals surface area contributed by atoms with Gasteiger partial charge in [-0.05, 0) is 47.5 Å². The lowest BCUT2D eigenvalue weighted by Gasteiger charge is -2.11. The van der Waals surface area contributed by atoms with Crippen LogP contribution in [-0.4, -0.2) is 28.2 Å². The van der Waals surface area contributed by atoms with E-state index in [0.717, 1.165) is 32.9 Å². The summed E-state index contributed by atoms with van der Waals surface area (Å²) in [5, 5.41) is 1.62. The topological polar surface area (TPSA) is 23.6 Å². The average Bonchev–Trinajstić information content (AvgIpc) is 3.16. The van der Waals surface area contributed by atoms with Crippen LogP contribution in [0.2, 0.25) is 0 Å². The van der Waals surface area contributed by atoms with Crippen molar-refractivity contribution in [3.8, 4) is 0 Å². The van der Waals surface area contributed by atoms with Crippen LogP contribution in [0.3, 0.4) is 0 Å². The Balaban J connectivity index is 1.87. The summed E-state index contributed by atoms with van der Waals surface area (Å²) in [6.07, 6.45) is 3.92. The Labute approximate surface area is 142 Å². The molecule has 0 spiro atoms. The van der Waals surface area contributed by atoms with E-state index in [1.54, 1.807) is 0 Å². The van der Waals surface area contributed by atoms with Crippen LogP contribution in [0.1, 0.15) is 11.1 Å². The Morgan fingerprint density at radius 1 is 0.625 bits per heavy atom. The summed E-state index contributed by atoms with van der Waals surface area (Å²) in [5.41, 5.74) is 4.54. The number of rotatable bonds is 4. The van der Waals surface area contributed by atoms with Crippen LogP contribution in [0.4, 0.5) is 11.4 Å². The summed E-state index contributed by atoms with van der Waals surface area (Å²) < 4.78 is 0. The molecule has 24 heavy (non-hydrogen) atoms. The highest BCUT2D eigenvalue weighted by atomic mass is 16.1. The molecule has 3 heteroatoms. The van der Waals surface area contributed by atoms with Crippen molar-refractivity contribution < 1.29 is 0 Å². The molecule has 0 aromatic heterocycles. The Bertz CT molecular complexity index is 876. The van der Waals surface area contributed by atoms with Gasteiger partial charge >= 0.3 is 0 Å². The first-order chi connectivity index (χ1) is 11.5. The van der Waals surface area contributed by atoms with Crippen molar-refractivity contribution in [1.29, 1.82) is 0 Å². The van der Waals surface area contributed by atoms with E-state index >= 15 is 0 Å². The minimum atomic E-state index is 0.142. The van der Waals surface area contributed by atoms with Crippen molar-refractivity contribution >= 4 is 23.5 Å². The number of hydrogen-bond donors (Lipinski definition) is 0. The van der Waals surface area contributed by atoms with Crippen LogP contribution in [0, 0.1) is 0 Å². The van der Waals surface area contributed by atoms with Gasteiger partial charge in [0.15, 0.2) is 5.43 Å². The Morgan fingerprint density at radius 2 is 0.958 bits per heavy atom. The molecule has 0 fully saturated rings. The summed E-state index contributed by atoms with van der Waals surface area (Å²) in [6.45, 7) is 0. The number of nitrogens with zero attached hydrogens (tertiary/aromatic N) is 2. The van der Waals surface area contributed by atoms with Gasteiger partial charge in [-0.15, -0.1) is 0 Å². The van der Waals surface area contributed by atoms with Crippen molar-refractivity contribution in [2.24, 2.45) is 0 Å². The second-order valence-electron chi connectivity index (χ2n) is 6.42. The van der Waals surface area contributed by atoms with E-state index in [4.69, 9.17) is 0 Å². The molecule has 3 nitrogen and oxygen atoms in total. The van der Waals surface area contributed by atoms with Gasteiger partial charge in [0.25, 0.3) is 0 Å². The molecule has 3 rings (SSSR count). The molecule has 0 unspecified atom stereocenters. The van der Waals surface area contributed by atoms with Gasteiger partial charge in [-0.2, -0.15) is 0 Å². The van der Waals surface area contributed by atoms with Gasteiger partial charge in [0.1, 0.15) is 0 Å². The maximum Gasteiger partial charge on any atom is 0.194 e. The summed E-state index contributed by atoms with van der Waals surface area (Å²) in [6, 6.07) is 16.4. The van der Waals surface area contributed by atoms with Gasteiger partial charge in [0, 0.05) is 50.0 Å². The van der Waals surface area contributed by atoms with Crippen molar-refractivity contribution in [2.45, 2.75) is 0 Å². The third-order valence-corrected chi connectivity index (χ3v) is 4.16. The molecule has 3 aromatic rings. The fourth-order valence-electron chi connectivity index (χ4n) is 2.56. The van der Waals surface area contributed by atoms with Gasteiger partial charge < -0.3 is 9.80 Å². The highest BCUT2D eigenvalue weighted by Gasteiger charge is 2.07. The van der Waals surface area contributed by atoms with Crippen LogP contribution >= 0.6 is 0 Å². The molecule has 0 amide bonds. The van der Waals surface area contributed by atoms with Crippen LogP contribution in [0.15, 0.2) is 53.3 Å². The number of benzene rings is 2. The average molecular weight is 318 g/mol. The van der Waals surface area contributed by atoms with E-state index in [-0.39, 0.29) is 5.43 Å². The van der Waals surface area contributed by atoms with Crippen molar-refractivity contribution in [2.75, 3.05) is 38.0 Å². The quantitative estimate of drug-likeness (QED) is 0.732. The largest absolute Gasteiger partial charge is 0.378 e. The lowest BCUT2D eigenvalue weighted by molar-refractivity contribution is 1.13. The second kappa shape index (κ2) is 6.36. The minimum Gasteiger partial charge on any atom is -0.378 e. The Morgan fingerprint density at radius 3 is 1.25 bits per heavy atom. The molecule has 0 bridgehead atoms. The molecule has 122 valence electrons. The Hall–Kier alpha value is -2.81. The molecule has 0 saturated heterocycles. The van der Waals surface area contributed by atoms with Crippen LogP contribution < -0.4 is 25.7 Å². The lowest BCUT2D eigenvalue weighted by atomic mass is 10.2. The highest BCUT2D eigenvalue weighted by molar-refractivity contribution is 5.61. The number of hydrogen-bond acceptors (Lipinski definition) is 3. The van der Waals surface area contributed by atoms with Gasteiger partial charge in [-0.3, -0.25) is 4.79 Å². The molecular weight excluding hydrogens is 296 g/mol. The molecule has 0 radical (unpaired) electrons. The van der Waals surface area contributed by atoms with E-state index in [2.05, 4.69) is 34.1 Å². The van der Waals surface area contributed by atoms with Gasteiger partial charge in [0.2, 0.25) is 0 Å². The normalized spacial score (nSPS) is 12.8. The molecule has 0 aliphatic rings. The molecule has 0 N–H and O–H groups in total. The maximum atomic E-state index is 12.0. The third kappa shape index (κ3) is 3.40. The molecule has 0 aliphatic carbocycles. The monoisotopic (exact) mass is 318 g/mol. The van der Waals surface area contributed by atoms with Gasteiger partial charge in [-0.1, -0.05) is 24.3 Å². The summed E-state index contributed by atoms with van der Waals surface area (Å²) >= 11 is 0. The zero-order valence-corrected chi connectivity index (χ0v) is 14.6. The fraction of sp³-hybridized carbons (Fsp3) is 0.190. The van der Waals surface area contributed by atoms with Crippen molar-refractivity contribution in [3.63, 3.8) is 0 Å². The molecule has 0 aliphatic heterocycles. The first-order valence-electron chi connectivity index (χ1n) is 7.99. The van der Waals surface area contributed by atoms with Crippen LogP contribution in [0.5, 0.6) is 0 Å². The second-order valence-corrected chi connectivity index (χ2v) is 6.42. The van der Waals surface area contributed by atoms with Gasteiger partial charge in [0.05, 0.1) is 0 Å². The third-order valence-electron chi connectivity index (χ3n) is 4.16. The standard InChI is InChI=1S/C21H22N2O/c1-22(2)17-9-5-15(6-10-17)13-19-20(21(19)24)14-16-7-11-18(12-8-16)23(3)4/h5-14H,1-4H3/b19-13-,20-14+. The van der Waals surface area contributed by atoms with Crippen molar-refractivity contribution in [1.82, 2.24) is 0 Å². The van der Waals surface area contributed by atoms with E-state index in [1.807, 2.05) is 64.6 Å². The predicted octanol–water partition coefficient (Wildman–Crippen LogP) is 1.71. The molecular formula is C21H22N2O. The predicted molar refractivity (Wildman–Crippen MR) is 103 cm³/mol. The summed E-state index contributed by atoms with van der Waals surface area (Å²) in [5.74, 6) is 0. The number of anilines is 2. The van der Waals surface area contributed by atoms with E-state index in [1.165, 1.54) is 0 Å². The minimum absolute atomic E-state index is 0.142.